The standard InChI is InChI=1S/C11H16N2O2/c1-3-10(11(14)15)12-7-9-6-4-5-8(2)13-9/h4-6,10,12H,3,7H2,1-2H3,(H,14,15). The Hall–Kier alpha value is -1.42. The predicted molar refractivity (Wildman–Crippen MR) is 57.5 cm³/mol. The number of nitrogens with one attached hydrogen (secondary N) is 1. The van der Waals surface area contributed by atoms with Crippen LogP contribution in [0.3, 0.4) is 0 Å². The number of carboxylic acids is 1. The third kappa shape index (κ3) is 3.67. The van der Waals surface area contributed by atoms with Crippen LogP contribution >= 0.6 is 0 Å². The van der Waals surface area contributed by atoms with E-state index in [1.54, 1.807) is 0 Å². The average Bonchev–Trinajstić information content (AvgIpc) is 2.18. The minimum absolute atomic E-state index is 0.493. The van der Waals surface area contributed by atoms with E-state index in [9.17, 15) is 4.79 Å². The summed E-state index contributed by atoms with van der Waals surface area (Å²) >= 11 is 0. The summed E-state index contributed by atoms with van der Waals surface area (Å²) in [6.45, 7) is 4.25. The van der Waals surface area contributed by atoms with Gasteiger partial charge in [0.25, 0.3) is 0 Å². The lowest BCUT2D eigenvalue weighted by Gasteiger charge is -2.11. The molecule has 1 rings (SSSR count). The molecule has 0 aliphatic carbocycles. The average molecular weight is 208 g/mol. The van der Waals surface area contributed by atoms with E-state index < -0.39 is 12.0 Å². The summed E-state index contributed by atoms with van der Waals surface area (Å²) in [6.07, 6.45) is 0.571. The van der Waals surface area contributed by atoms with E-state index in [0.717, 1.165) is 11.4 Å². The Labute approximate surface area is 89.3 Å². The molecule has 0 fully saturated rings. The molecule has 0 radical (unpaired) electrons. The molecule has 1 unspecified atom stereocenters. The van der Waals surface area contributed by atoms with Crippen molar-refractivity contribution in [1.82, 2.24) is 10.3 Å². The maximum absolute atomic E-state index is 10.7. The van der Waals surface area contributed by atoms with Crippen LogP contribution in [0, 0.1) is 6.92 Å². The van der Waals surface area contributed by atoms with Crippen LogP contribution in [0.4, 0.5) is 0 Å². The number of nitrogens with zero attached hydrogens (tertiary/aromatic N) is 1. The number of carboxylic acid groups (broad SMARTS) is 1. The molecule has 2 N–H and O–H groups in total. The zero-order valence-electron chi connectivity index (χ0n) is 9.03. The van der Waals surface area contributed by atoms with Crippen LogP contribution in [-0.2, 0) is 11.3 Å². The summed E-state index contributed by atoms with van der Waals surface area (Å²) in [5.41, 5.74) is 1.81. The molecule has 0 spiro atoms. The van der Waals surface area contributed by atoms with Crippen molar-refractivity contribution in [2.24, 2.45) is 0 Å². The van der Waals surface area contributed by atoms with Crippen molar-refractivity contribution >= 4 is 5.97 Å². The van der Waals surface area contributed by atoms with Crippen LogP contribution < -0.4 is 5.32 Å². The smallest absolute Gasteiger partial charge is 0.320 e. The number of carbonyl (C=O) groups is 1. The Bertz CT molecular complexity index is 339. The van der Waals surface area contributed by atoms with Gasteiger partial charge in [0.2, 0.25) is 0 Å². The molecule has 4 heteroatoms. The number of aliphatic carboxylic acids is 1. The lowest BCUT2D eigenvalue weighted by atomic mass is 10.2. The van der Waals surface area contributed by atoms with Crippen LogP contribution in [0.15, 0.2) is 18.2 Å². The van der Waals surface area contributed by atoms with Crippen molar-refractivity contribution in [2.45, 2.75) is 32.9 Å². The summed E-state index contributed by atoms with van der Waals surface area (Å²) in [6, 6.07) is 5.22. The third-order valence-electron chi connectivity index (χ3n) is 2.18. The molecule has 1 aromatic heterocycles. The number of hydrogen-bond acceptors (Lipinski definition) is 3. The molecule has 4 nitrogen and oxygen atoms in total. The summed E-state index contributed by atoms with van der Waals surface area (Å²) in [4.78, 5) is 15.0. The van der Waals surface area contributed by atoms with E-state index >= 15 is 0 Å². The minimum atomic E-state index is -0.815. The molecule has 0 bridgehead atoms. The second kappa shape index (κ2) is 5.46. The van der Waals surface area contributed by atoms with Gasteiger partial charge in [-0.3, -0.25) is 15.1 Å². The quantitative estimate of drug-likeness (QED) is 0.766. The molecule has 1 heterocycles. The Morgan fingerprint density at radius 2 is 2.33 bits per heavy atom. The molecular formula is C11H16N2O2. The first-order chi connectivity index (χ1) is 7.13. The summed E-state index contributed by atoms with van der Waals surface area (Å²) in [7, 11) is 0. The molecule has 15 heavy (non-hydrogen) atoms. The Kier molecular flexibility index (Phi) is 4.24. The molecule has 0 saturated heterocycles. The van der Waals surface area contributed by atoms with Gasteiger partial charge in [-0.1, -0.05) is 13.0 Å². The zero-order valence-corrected chi connectivity index (χ0v) is 9.03. The fraction of sp³-hybridized carbons (Fsp3) is 0.455. The van der Waals surface area contributed by atoms with E-state index in [-0.39, 0.29) is 0 Å². The van der Waals surface area contributed by atoms with Crippen molar-refractivity contribution < 1.29 is 9.90 Å². The minimum Gasteiger partial charge on any atom is -0.480 e. The van der Waals surface area contributed by atoms with E-state index in [0.29, 0.717) is 13.0 Å². The highest BCUT2D eigenvalue weighted by Gasteiger charge is 2.13. The first-order valence-electron chi connectivity index (χ1n) is 5.02. The highest BCUT2D eigenvalue weighted by atomic mass is 16.4. The predicted octanol–water partition coefficient (Wildman–Crippen LogP) is 1.34. The van der Waals surface area contributed by atoms with Crippen LogP contribution in [0.1, 0.15) is 24.7 Å². The zero-order chi connectivity index (χ0) is 11.3. The normalized spacial score (nSPS) is 12.4. The maximum Gasteiger partial charge on any atom is 0.320 e. The van der Waals surface area contributed by atoms with E-state index in [4.69, 9.17) is 5.11 Å². The van der Waals surface area contributed by atoms with E-state index in [1.807, 2.05) is 32.0 Å². The molecule has 1 atom stereocenters. The highest BCUT2D eigenvalue weighted by molar-refractivity contribution is 5.73. The lowest BCUT2D eigenvalue weighted by molar-refractivity contribution is -0.139. The molecule has 0 saturated carbocycles. The third-order valence-corrected chi connectivity index (χ3v) is 2.18. The summed E-state index contributed by atoms with van der Waals surface area (Å²) < 4.78 is 0. The van der Waals surface area contributed by atoms with Crippen molar-refractivity contribution in [3.63, 3.8) is 0 Å². The van der Waals surface area contributed by atoms with Gasteiger partial charge in [-0.15, -0.1) is 0 Å². The monoisotopic (exact) mass is 208 g/mol. The molecule has 0 aliphatic heterocycles. The molecular weight excluding hydrogens is 192 g/mol. The van der Waals surface area contributed by atoms with Crippen molar-refractivity contribution in [2.75, 3.05) is 0 Å². The number of pyridine rings is 1. The molecule has 0 aliphatic rings. The van der Waals surface area contributed by atoms with Crippen molar-refractivity contribution in [1.29, 1.82) is 0 Å². The van der Waals surface area contributed by atoms with Gasteiger partial charge in [0.1, 0.15) is 6.04 Å². The fourth-order valence-electron chi connectivity index (χ4n) is 1.33. The van der Waals surface area contributed by atoms with E-state index in [2.05, 4.69) is 10.3 Å². The maximum atomic E-state index is 10.7. The van der Waals surface area contributed by atoms with Gasteiger partial charge < -0.3 is 5.11 Å². The van der Waals surface area contributed by atoms with Gasteiger partial charge in [0.15, 0.2) is 0 Å². The second-order valence-corrected chi connectivity index (χ2v) is 3.45. The number of rotatable bonds is 5. The van der Waals surface area contributed by atoms with Gasteiger partial charge in [0, 0.05) is 12.2 Å². The molecule has 0 amide bonds. The summed E-state index contributed by atoms with van der Waals surface area (Å²) in [5, 5.41) is 11.8. The second-order valence-electron chi connectivity index (χ2n) is 3.45. The highest BCUT2D eigenvalue weighted by Crippen LogP contribution is 1.99. The Morgan fingerprint density at radius 3 is 2.87 bits per heavy atom. The Balaban J connectivity index is 2.52. The molecule has 82 valence electrons. The largest absolute Gasteiger partial charge is 0.480 e. The van der Waals surface area contributed by atoms with Crippen LogP contribution in [-0.4, -0.2) is 22.1 Å². The van der Waals surface area contributed by atoms with Crippen LogP contribution in [0.2, 0.25) is 0 Å². The molecule has 0 aromatic carbocycles. The SMILES string of the molecule is CCC(NCc1cccc(C)n1)C(=O)O. The lowest BCUT2D eigenvalue weighted by Crippen LogP contribution is -2.35. The van der Waals surface area contributed by atoms with Gasteiger partial charge in [-0.2, -0.15) is 0 Å². The van der Waals surface area contributed by atoms with Crippen LogP contribution in [0.25, 0.3) is 0 Å². The van der Waals surface area contributed by atoms with Gasteiger partial charge in [-0.25, -0.2) is 0 Å². The number of hydrogen-bond donors (Lipinski definition) is 2. The van der Waals surface area contributed by atoms with Gasteiger partial charge in [-0.05, 0) is 25.5 Å². The van der Waals surface area contributed by atoms with Crippen molar-refractivity contribution in [3.05, 3.63) is 29.6 Å². The molecule has 1 aromatic rings. The van der Waals surface area contributed by atoms with Gasteiger partial charge in [0.05, 0.1) is 5.69 Å². The first-order valence-corrected chi connectivity index (χ1v) is 5.02. The first kappa shape index (κ1) is 11.7. The topological polar surface area (TPSA) is 62.2 Å². The fourth-order valence-corrected chi connectivity index (χ4v) is 1.33. The number of aromatic nitrogens is 1. The number of aryl methyl sites for hydroxylation is 1. The van der Waals surface area contributed by atoms with Gasteiger partial charge >= 0.3 is 5.97 Å². The van der Waals surface area contributed by atoms with Crippen molar-refractivity contribution in [3.8, 4) is 0 Å². The summed E-state index contributed by atoms with van der Waals surface area (Å²) in [5.74, 6) is -0.815. The van der Waals surface area contributed by atoms with Crippen LogP contribution in [0.5, 0.6) is 0 Å². The Morgan fingerprint density at radius 1 is 1.60 bits per heavy atom. The van der Waals surface area contributed by atoms with E-state index in [1.165, 1.54) is 0 Å².